The number of ether oxygens (including phenoxy) is 1. The molecule has 3 N–H and O–H groups in total. The fourth-order valence-corrected chi connectivity index (χ4v) is 3.71. The Balaban J connectivity index is 1.91. The van der Waals surface area contributed by atoms with Crippen LogP contribution in [-0.4, -0.2) is 48.0 Å². The van der Waals surface area contributed by atoms with Gasteiger partial charge in [-0.2, -0.15) is 0 Å². The van der Waals surface area contributed by atoms with Gasteiger partial charge in [-0.3, -0.25) is 9.59 Å². The van der Waals surface area contributed by atoms with E-state index in [1.807, 2.05) is 0 Å². The van der Waals surface area contributed by atoms with Crippen molar-refractivity contribution in [2.45, 2.75) is 0 Å². The van der Waals surface area contributed by atoms with E-state index in [2.05, 4.69) is 20.9 Å². The molecule has 0 radical (unpaired) electrons. The topological polar surface area (TPSA) is 88.4 Å². The van der Waals surface area contributed by atoms with E-state index in [9.17, 15) is 14.0 Å². The second-order valence-corrected chi connectivity index (χ2v) is 6.98. The second kappa shape index (κ2) is 6.37. The van der Waals surface area contributed by atoms with Crippen molar-refractivity contribution < 1.29 is 18.7 Å². The lowest BCUT2D eigenvalue weighted by Crippen LogP contribution is -2.40. The number of benzene rings is 2. The highest BCUT2D eigenvalue weighted by atomic mass is 79.9. The van der Waals surface area contributed by atoms with Crippen molar-refractivity contribution in [2.75, 3.05) is 26.3 Å². The van der Waals surface area contributed by atoms with Gasteiger partial charge in [0.25, 0.3) is 11.8 Å². The van der Waals surface area contributed by atoms with Gasteiger partial charge in [0.2, 0.25) is 0 Å². The quantitative estimate of drug-likeness (QED) is 0.669. The number of nitrogens with one attached hydrogen (secondary N) is 1. The summed E-state index contributed by atoms with van der Waals surface area (Å²) in [5, 5.41) is 0.764. The van der Waals surface area contributed by atoms with Crippen molar-refractivity contribution in [3.8, 4) is 0 Å². The van der Waals surface area contributed by atoms with E-state index in [-0.39, 0.29) is 21.3 Å². The Kier molecular flexibility index (Phi) is 4.16. The third-order valence-corrected chi connectivity index (χ3v) is 5.16. The van der Waals surface area contributed by atoms with E-state index in [1.54, 1.807) is 23.1 Å². The van der Waals surface area contributed by atoms with Crippen LogP contribution in [0.1, 0.15) is 20.7 Å². The molecule has 3 aromatic rings. The number of aromatic nitrogens is 1. The highest BCUT2D eigenvalue weighted by Gasteiger charge is 2.22. The van der Waals surface area contributed by atoms with Gasteiger partial charge < -0.3 is 20.4 Å². The molecule has 1 aliphatic heterocycles. The summed E-state index contributed by atoms with van der Waals surface area (Å²) in [6.45, 7) is 2.06. The molecular weight excluding hydrogens is 405 g/mol. The van der Waals surface area contributed by atoms with E-state index < -0.39 is 11.7 Å². The lowest BCUT2D eigenvalue weighted by atomic mass is 10.1. The van der Waals surface area contributed by atoms with Crippen molar-refractivity contribution in [3.05, 3.63) is 45.7 Å². The van der Waals surface area contributed by atoms with Gasteiger partial charge in [0.05, 0.1) is 28.8 Å². The van der Waals surface area contributed by atoms with Crippen LogP contribution >= 0.6 is 15.9 Å². The molecule has 2 aromatic carbocycles. The Morgan fingerprint density at radius 2 is 1.96 bits per heavy atom. The lowest BCUT2D eigenvalue weighted by Gasteiger charge is -2.26. The number of carbonyl (C=O) groups excluding carboxylic acids is 2. The standard InChI is InChI=1S/C18H15BrFN3O3/c19-12-8-11(17(21)24)16-14(15(12)20)10-7-9(1-2-13(10)22-16)18(25)23-3-5-26-6-4-23/h1-2,7-8,22H,3-6H2,(H2,21,24). The number of hydrogen-bond acceptors (Lipinski definition) is 3. The first kappa shape index (κ1) is 17.0. The number of morpholine rings is 1. The summed E-state index contributed by atoms with van der Waals surface area (Å²) in [6, 6.07) is 6.40. The molecule has 134 valence electrons. The summed E-state index contributed by atoms with van der Waals surface area (Å²) in [5.74, 6) is -1.30. The number of nitrogens with zero attached hydrogens (tertiary/aromatic N) is 1. The zero-order valence-corrected chi connectivity index (χ0v) is 15.2. The third kappa shape index (κ3) is 2.65. The van der Waals surface area contributed by atoms with Gasteiger partial charge >= 0.3 is 0 Å². The van der Waals surface area contributed by atoms with E-state index in [0.717, 1.165) is 0 Å². The molecule has 0 saturated carbocycles. The molecule has 1 fully saturated rings. The zero-order valence-electron chi connectivity index (χ0n) is 13.6. The van der Waals surface area contributed by atoms with Gasteiger partial charge in [-0.05, 0) is 40.2 Å². The molecule has 0 unspecified atom stereocenters. The molecule has 1 saturated heterocycles. The molecule has 0 aliphatic carbocycles. The lowest BCUT2D eigenvalue weighted by molar-refractivity contribution is 0.0303. The SMILES string of the molecule is NC(=O)c1cc(Br)c(F)c2c1[nH]c1ccc(C(=O)N3CCOCC3)cc12. The van der Waals surface area contributed by atoms with Crippen LogP contribution in [0.25, 0.3) is 21.8 Å². The first-order valence-corrected chi connectivity index (χ1v) is 8.87. The fraction of sp³-hybridized carbons (Fsp3) is 0.222. The zero-order chi connectivity index (χ0) is 18.4. The first-order valence-electron chi connectivity index (χ1n) is 8.07. The molecule has 26 heavy (non-hydrogen) atoms. The van der Waals surface area contributed by atoms with E-state index >= 15 is 0 Å². The number of halogens is 2. The fourth-order valence-electron chi connectivity index (χ4n) is 3.28. The maximum Gasteiger partial charge on any atom is 0.254 e. The van der Waals surface area contributed by atoms with Crippen molar-refractivity contribution in [3.63, 3.8) is 0 Å². The number of nitrogens with two attached hydrogens (primary N) is 1. The molecule has 0 bridgehead atoms. The normalized spacial score (nSPS) is 14.9. The van der Waals surface area contributed by atoms with Crippen LogP contribution in [0.5, 0.6) is 0 Å². The van der Waals surface area contributed by atoms with Gasteiger partial charge in [-0.1, -0.05) is 0 Å². The minimum Gasteiger partial charge on any atom is -0.378 e. The van der Waals surface area contributed by atoms with Crippen molar-refractivity contribution in [2.24, 2.45) is 5.73 Å². The summed E-state index contributed by atoms with van der Waals surface area (Å²) >= 11 is 3.13. The molecule has 2 heterocycles. The number of fused-ring (bicyclic) bond motifs is 3. The highest BCUT2D eigenvalue weighted by molar-refractivity contribution is 9.10. The van der Waals surface area contributed by atoms with Gasteiger partial charge in [-0.25, -0.2) is 4.39 Å². The van der Waals surface area contributed by atoms with Gasteiger partial charge in [0, 0.05) is 34.9 Å². The van der Waals surface area contributed by atoms with Crippen LogP contribution in [0.3, 0.4) is 0 Å². The molecular formula is C18H15BrFN3O3. The van der Waals surface area contributed by atoms with Crippen LogP contribution in [-0.2, 0) is 4.74 Å². The number of carbonyl (C=O) groups is 2. The second-order valence-electron chi connectivity index (χ2n) is 6.12. The highest BCUT2D eigenvalue weighted by Crippen LogP contribution is 2.34. The van der Waals surface area contributed by atoms with E-state index in [4.69, 9.17) is 10.5 Å². The Bertz CT molecular complexity index is 1060. The van der Waals surface area contributed by atoms with Crippen LogP contribution in [0.2, 0.25) is 0 Å². The third-order valence-electron chi connectivity index (χ3n) is 4.58. The average molecular weight is 420 g/mol. The summed E-state index contributed by atoms with van der Waals surface area (Å²) < 4.78 is 20.2. The molecule has 1 aliphatic rings. The minimum absolute atomic E-state index is 0.130. The summed E-state index contributed by atoms with van der Waals surface area (Å²) in [7, 11) is 0. The smallest absolute Gasteiger partial charge is 0.254 e. The molecule has 6 nitrogen and oxygen atoms in total. The van der Waals surface area contributed by atoms with E-state index in [1.165, 1.54) is 6.07 Å². The maximum atomic E-state index is 14.8. The van der Waals surface area contributed by atoms with Gasteiger partial charge in [0.1, 0.15) is 5.82 Å². The average Bonchev–Trinajstić information content (AvgIpc) is 3.03. The minimum atomic E-state index is -0.660. The summed E-state index contributed by atoms with van der Waals surface area (Å²) in [4.78, 5) is 29.2. The number of hydrogen-bond donors (Lipinski definition) is 2. The van der Waals surface area contributed by atoms with Crippen LogP contribution < -0.4 is 5.73 Å². The number of H-pyrrole nitrogens is 1. The number of rotatable bonds is 2. The van der Waals surface area contributed by atoms with Crippen molar-refractivity contribution in [1.29, 1.82) is 0 Å². The number of amides is 2. The number of aromatic amines is 1. The predicted octanol–water partition coefficient (Wildman–Crippen LogP) is 2.79. The van der Waals surface area contributed by atoms with Crippen LogP contribution in [0, 0.1) is 5.82 Å². The maximum absolute atomic E-state index is 14.8. The first-order chi connectivity index (χ1) is 12.5. The molecule has 8 heteroatoms. The molecule has 4 rings (SSSR count). The Morgan fingerprint density at radius 1 is 1.23 bits per heavy atom. The van der Waals surface area contributed by atoms with E-state index in [0.29, 0.717) is 48.3 Å². The van der Waals surface area contributed by atoms with Gasteiger partial charge in [0.15, 0.2) is 0 Å². The predicted molar refractivity (Wildman–Crippen MR) is 98.7 cm³/mol. The summed E-state index contributed by atoms with van der Waals surface area (Å²) in [5.41, 5.74) is 7.01. The number of primary amides is 1. The van der Waals surface area contributed by atoms with Crippen LogP contribution in [0.4, 0.5) is 4.39 Å². The molecule has 0 spiro atoms. The van der Waals surface area contributed by atoms with Crippen LogP contribution in [0.15, 0.2) is 28.7 Å². The Hall–Kier alpha value is -2.45. The summed E-state index contributed by atoms with van der Waals surface area (Å²) in [6.07, 6.45) is 0. The van der Waals surface area contributed by atoms with Crippen molar-refractivity contribution >= 4 is 49.6 Å². The van der Waals surface area contributed by atoms with Crippen molar-refractivity contribution in [1.82, 2.24) is 9.88 Å². The Labute approximate surface area is 156 Å². The Morgan fingerprint density at radius 3 is 2.65 bits per heavy atom. The molecule has 0 atom stereocenters. The largest absolute Gasteiger partial charge is 0.378 e. The van der Waals surface area contributed by atoms with Gasteiger partial charge in [-0.15, -0.1) is 0 Å². The monoisotopic (exact) mass is 419 g/mol. The molecule has 2 amide bonds. The molecule has 1 aromatic heterocycles.